The lowest BCUT2D eigenvalue weighted by Gasteiger charge is -2.10. The van der Waals surface area contributed by atoms with Crippen LogP contribution in [-0.4, -0.2) is 23.4 Å². The summed E-state index contributed by atoms with van der Waals surface area (Å²) in [5, 5.41) is 14.1. The topological polar surface area (TPSA) is 98.5 Å². The average molecular weight is 363 g/mol. The molecule has 2 aromatic carbocycles. The number of ether oxygens (including phenoxy) is 1. The molecule has 25 heavy (non-hydrogen) atoms. The van der Waals surface area contributed by atoms with Crippen LogP contribution < -0.4 is 5.32 Å². The molecule has 0 atom stereocenters. The van der Waals surface area contributed by atoms with Crippen LogP contribution >= 0.6 is 11.6 Å². The van der Waals surface area contributed by atoms with Gasteiger partial charge in [-0.2, -0.15) is 0 Å². The van der Waals surface area contributed by atoms with E-state index in [1.807, 2.05) is 0 Å². The van der Waals surface area contributed by atoms with Gasteiger partial charge in [-0.15, -0.1) is 0 Å². The number of esters is 1. The first-order valence-corrected chi connectivity index (χ1v) is 7.73. The van der Waals surface area contributed by atoms with Gasteiger partial charge in [0.05, 0.1) is 17.1 Å². The molecule has 7 nitrogen and oxygen atoms in total. The predicted molar refractivity (Wildman–Crippen MR) is 93.2 cm³/mol. The van der Waals surface area contributed by atoms with Crippen LogP contribution in [0.3, 0.4) is 0 Å². The van der Waals surface area contributed by atoms with Gasteiger partial charge in [0.25, 0.3) is 11.6 Å². The first-order valence-electron chi connectivity index (χ1n) is 7.36. The molecule has 0 unspecified atom stereocenters. The summed E-state index contributed by atoms with van der Waals surface area (Å²) in [7, 11) is 0. The van der Waals surface area contributed by atoms with Crippen LogP contribution in [0.2, 0.25) is 5.02 Å². The number of non-ortho nitro benzene ring substituents is 1. The summed E-state index contributed by atoms with van der Waals surface area (Å²) >= 11 is 5.91. The molecule has 2 aromatic rings. The third-order valence-corrected chi connectivity index (χ3v) is 3.58. The summed E-state index contributed by atoms with van der Waals surface area (Å²) in [6.45, 7) is 3.51. The fraction of sp³-hybridized carbons (Fsp3) is 0.176. The zero-order valence-corrected chi connectivity index (χ0v) is 14.3. The summed E-state index contributed by atoms with van der Waals surface area (Å²) in [5.41, 5.74) is 0.773. The number of nitro benzene ring substituents is 1. The lowest BCUT2D eigenvalue weighted by molar-refractivity contribution is -0.384. The van der Waals surface area contributed by atoms with Crippen molar-refractivity contribution in [3.05, 3.63) is 68.2 Å². The number of hydrogen-bond donors (Lipinski definition) is 1. The summed E-state index contributed by atoms with van der Waals surface area (Å²) in [6, 6.07) is 8.39. The van der Waals surface area contributed by atoms with Gasteiger partial charge in [-0.05, 0) is 37.6 Å². The number of nitro groups is 1. The summed E-state index contributed by atoms with van der Waals surface area (Å²) < 4.78 is 4.84. The van der Waals surface area contributed by atoms with E-state index in [1.165, 1.54) is 6.07 Å². The Morgan fingerprint density at radius 1 is 1.20 bits per heavy atom. The predicted octanol–water partition coefficient (Wildman–Crippen LogP) is 3.99. The SMILES string of the molecule is CCOC(=O)c1cc(C(=O)Nc2cc(Cl)ccc2C)cc([N+](=O)[O-])c1. The quantitative estimate of drug-likeness (QED) is 0.492. The fourth-order valence-corrected chi connectivity index (χ4v) is 2.28. The van der Waals surface area contributed by atoms with E-state index in [0.717, 1.165) is 17.7 Å². The second-order valence-corrected chi connectivity index (χ2v) is 5.60. The number of anilines is 1. The number of benzene rings is 2. The Morgan fingerprint density at radius 3 is 2.52 bits per heavy atom. The van der Waals surface area contributed by atoms with E-state index in [4.69, 9.17) is 16.3 Å². The molecule has 0 radical (unpaired) electrons. The number of carbonyl (C=O) groups excluding carboxylic acids is 2. The van der Waals surface area contributed by atoms with Crippen molar-refractivity contribution in [3.8, 4) is 0 Å². The number of carbonyl (C=O) groups is 2. The van der Waals surface area contributed by atoms with Crippen LogP contribution in [0.5, 0.6) is 0 Å². The average Bonchev–Trinajstić information content (AvgIpc) is 2.57. The normalized spacial score (nSPS) is 10.2. The lowest BCUT2D eigenvalue weighted by atomic mass is 10.1. The molecule has 0 saturated carbocycles. The zero-order valence-electron chi connectivity index (χ0n) is 13.5. The van der Waals surface area contributed by atoms with E-state index >= 15 is 0 Å². The highest BCUT2D eigenvalue weighted by atomic mass is 35.5. The summed E-state index contributed by atoms with van der Waals surface area (Å²) in [6.07, 6.45) is 0. The Kier molecular flexibility index (Phi) is 5.71. The van der Waals surface area contributed by atoms with Gasteiger partial charge in [0.1, 0.15) is 0 Å². The van der Waals surface area contributed by atoms with Gasteiger partial charge < -0.3 is 10.1 Å². The first-order chi connectivity index (χ1) is 11.8. The number of amides is 1. The van der Waals surface area contributed by atoms with Crippen molar-refractivity contribution in [2.75, 3.05) is 11.9 Å². The Balaban J connectivity index is 2.39. The molecule has 2 rings (SSSR count). The van der Waals surface area contributed by atoms with Crippen molar-refractivity contribution < 1.29 is 19.2 Å². The third kappa shape index (κ3) is 4.54. The number of hydrogen-bond acceptors (Lipinski definition) is 5. The van der Waals surface area contributed by atoms with E-state index in [0.29, 0.717) is 10.7 Å². The number of aryl methyl sites for hydroxylation is 1. The molecule has 0 spiro atoms. The van der Waals surface area contributed by atoms with Crippen molar-refractivity contribution in [2.45, 2.75) is 13.8 Å². The highest BCUT2D eigenvalue weighted by Gasteiger charge is 2.19. The van der Waals surface area contributed by atoms with Crippen molar-refractivity contribution in [2.24, 2.45) is 0 Å². The van der Waals surface area contributed by atoms with Crippen molar-refractivity contribution >= 4 is 34.9 Å². The minimum Gasteiger partial charge on any atom is -0.462 e. The third-order valence-electron chi connectivity index (χ3n) is 3.35. The molecule has 0 saturated heterocycles. The molecular formula is C17H15ClN2O5. The molecule has 0 fully saturated rings. The van der Waals surface area contributed by atoms with Crippen LogP contribution in [0, 0.1) is 17.0 Å². The number of rotatable bonds is 5. The van der Waals surface area contributed by atoms with Crippen LogP contribution in [0.4, 0.5) is 11.4 Å². The molecular weight excluding hydrogens is 348 g/mol. The van der Waals surface area contributed by atoms with Gasteiger partial charge in [-0.1, -0.05) is 17.7 Å². The molecule has 1 N–H and O–H groups in total. The maximum absolute atomic E-state index is 12.5. The van der Waals surface area contributed by atoms with Gasteiger partial charge >= 0.3 is 5.97 Å². The van der Waals surface area contributed by atoms with Crippen LogP contribution in [-0.2, 0) is 4.74 Å². The second-order valence-electron chi connectivity index (χ2n) is 5.16. The van der Waals surface area contributed by atoms with E-state index in [-0.39, 0.29) is 23.4 Å². The van der Waals surface area contributed by atoms with Crippen LogP contribution in [0.1, 0.15) is 33.2 Å². The Labute approximate surface area is 148 Å². The highest BCUT2D eigenvalue weighted by molar-refractivity contribution is 6.31. The molecule has 0 aliphatic carbocycles. The maximum atomic E-state index is 12.5. The van der Waals surface area contributed by atoms with Gasteiger partial charge in [0.2, 0.25) is 0 Å². The highest BCUT2D eigenvalue weighted by Crippen LogP contribution is 2.23. The maximum Gasteiger partial charge on any atom is 0.338 e. The Bertz CT molecular complexity index is 851. The van der Waals surface area contributed by atoms with Crippen molar-refractivity contribution in [1.82, 2.24) is 0 Å². The lowest BCUT2D eigenvalue weighted by Crippen LogP contribution is -2.15. The van der Waals surface area contributed by atoms with Gasteiger partial charge in [0, 0.05) is 28.4 Å². The first kappa shape index (κ1) is 18.4. The Hall–Kier alpha value is -2.93. The largest absolute Gasteiger partial charge is 0.462 e. The molecule has 0 heterocycles. The fourth-order valence-electron chi connectivity index (χ4n) is 2.10. The van der Waals surface area contributed by atoms with E-state index in [9.17, 15) is 19.7 Å². The van der Waals surface area contributed by atoms with Crippen molar-refractivity contribution in [1.29, 1.82) is 0 Å². The second kappa shape index (κ2) is 7.76. The number of nitrogens with zero attached hydrogens (tertiary/aromatic N) is 1. The molecule has 130 valence electrons. The van der Waals surface area contributed by atoms with Gasteiger partial charge in [0.15, 0.2) is 0 Å². The summed E-state index contributed by atoms with van der Waals surface area (Å²) in [5.74, 6) is -1.33. The van der Waals surface area contributed by atoms with E-state index < -0.39 is 16.8 Å². The molecule has 0 bridgehead atoms. The summed E-state index contributed by atoms with van der Waals surface area (Å²) in [4.78, 5) is 34.7. The Morgan fingerprint density at radius 2 is 1.88 bits per heavy atom. The minimum absolute atomic E-state index is 0.0309. The number of halogens is 1. The molecule has 0 aliphatic rings. The smallest absolute Gasteiger partial charge is 0.338 e. The minimum atomic E-state index is -0.737. The van der Waals surface area contributed by atoms with Crippen molar-refractivity contribution in [3.63, 3.8) is 0 Å². The molecule has 8 heteroatoms. The molecule has 0 aromatic heterocycles. The van der Waals surface area contributed by atoms with Crippen LogP contribution in [0.15, 0.2) is 36.4 Å². The molecule has 1 amide bonds. The standard InChI is InChI=1S/C17H15ClN2O5/c1-3-25-17(22)12-6-11(7-14(8-12)20(23)24)16(21)19-15-9-13(18)5-4-10(15)2/h4-9H,3H2,1-2H3,(H,19,21). The van der Waals surface area contributed by atoms with E-state index in [2.05, 4.69) is 5.32 Å². The van der Waals surface area contributed by atoms with Gasteiger partial charge in [-0.25, -0.2) is 4.79 Å². The van der Waals surface area contributed by atoms with Crippen LogP contribution in [0.25, 0.3) is 0 Å². The monoisotopic (exact) mass is 362 g/mol. The molecule has 0 aliphatic heterocycles. The van der Waals surface area contributed by atoms with E-state index in [1.54, 1.807) is 32.0 Å². The zero-order chi connectivity index (χ0) is 18.6. The number of nitrogens with one attached hydrogen (secondary N) is 1. The van der Waals surface area contributed by atoms with Gasteiger partial charge in [-0.3, -0.25) is 14.9 Å².